The Morgan fingerprint density at radius 3 is 1.27 bits per heavy atom. The highest BCUT2D eigenvalue weighted by Gasteiger charge is 2.27. The molecule has 15 heteroatoms. The minimum Gasteiger partial charge on any atom is -0.384 e. The minimum absolute atomic E-state index is 0. The van der Waals surface area contributed by atoms with Crippen LogP contribution in [0.15, 0.2) is 138 Å². The molecule has 0 amide bonds. The SMILES string of the molecule is C.CC1Cc2cc(Br)ccc2C1=O.CC1Cc2cc(Br)ccc2CC1=O.CC1Cc2cc(Nc3ccncn3)ccc2CC1=O.CC1Cc2cc(Nc3ccncn3)ccc2CC1=O.Nc1ccncn1. The largest absolute Gasteiger partial charge is 0.384 e. The second-order valence-corrected chi connectivity index (χ2v) is 19.8. The van der Waals surface area contributed by atoms with Crippen molar-refractivity contribution in [2.24, 2.45) is 23.7 Å². The third kappa shape index (κ3) is 15.1. The first-order valence-electron chi connectivity index (χ1n) is 23.2. The smallest absolute Gasteiger partial charge is 0.166 e. The van der Waals surface area contributed by atoms with Gasteiger partial charge in [0.05, 0.1) is 0 Å². The highest BCUT2D eigenvalue weighted by Crippen LogP contribution is 2.31. The Hall–Kier alpha value is -6.84. The van der Waals surface area contributed by atoms with E-state index in [1.807, 2.05) is 94.4 Å². The highest BCUT2D eigenvalue weighted by molar-refractivity contribution is 9.10. The van der Waals surface area contributed by atoms with Gasteiger partial charge in [-0.3, -0.25) is 19.2 Å². The molecule has 7 aromatic rings. The predicted molar refractivity (Wildman–Crippen MR) is 287 cm³/mol. The van der Waals surface area contributed by atoms with Crippen LogP contribution in [0.1, 0.15) is 84.4 Å². The second kappa shape index (κ2) is 25.3. The van der Waals surface area contributed by atoms with E-state index in [4.69, 9.17) is 5.73 Å². The molecule has 4 aliphatic rings. The van der Waals surface area contributed by atoms with Crippen LogP contribution < -0.4 is 16.4 Å². The molecule has 4 aromatic carbocycles. The number of Topliss-reactive ketones (excluding diaryl/α,β-unsaturated/α-hetero) is 4. The van der Waals surface area contributed by atoms with Crippen LogP contribution in [0.3, 0.4) is 0 Å². The second-order valence-electron chi connectivity index (χ2n) is 18.0. The van der Waals surface area contributed by atoms with Crippen molar-refractivity contribution in [1.29, 1.82) is 0 Å². The predicted octanol–water partition coefficient (Wildman–Crippen LogP) is 11.3. The van der Waals surface area contributed by atoms with Crippen LogP contribution in [0.4, 0.5) is 28.8 Å². The number of halogens is 2. The molecule has 0 fully saturated rings. The maximum absolute atomic E-state index is 11.7. The third-order valence-corrected chi connectivity index (χ3v) is 13.5. The number of hydrogen-bond acceptors (Lipinski definition) is 13. The number of hydrogen-bond donors (Lipinski definition) is 3. The molecular formula is C56H59Br2N9O4. The third-order valence-electron chi connectivity index (χ3n) is 12.5. The van der Waals surface area contributed by atoms with E-state index >= 15 is 0 Å². The molecule has 0 aliphatic heterocycles. The van der Waals surface area contributed by atoms with E-state index in [1.54, 1.807) is 24.7 Å². The first-order chi connectivity index (χ1) is 33.7. The quantitative estimate of drug-likeness (QED) is 0.151. The average Bonchev–Trinajstić information content (AvgIpc) is 3.63. The molecule has 4 N–H and O–H groups in total. The van der Waals surface area contributed by atoms with E-state index in [0.29, 0.717) is 42.4 Å². The summed E-state index contributed by atoms with van der Waals surface area (Å²) in [5.41, 5.74) is 16.6. The van der Waals surface area contributed by atoms with Crippen molar-refractivity contribution in [2.45, 2.75) is 80.1 Å². The molecule has 0 radical (unpaired) electrons. The average molecular weight is 1080 g/mol. The molecule has 366 valence electrons. The summed E-state index contributed by atoms with van der Waals surface area (Å²) in [4.78, 5) is 69.7. The van der Waals surface area contributed by atoms with Crippen molar-refractivity contribution < 1.29 is 19.2 Å². The summed E-state index contributed by atoms with van der Waals surface area (Å²) in [6, 6.07) is 29.6. The number of benzene rings is 4. The van der Waals surface area contributed by atoms with Crippen molar-refractivity contribution in [2.75, 3.05) is 16.4 Å². The molecule has 4 unspecified atom stereocenters. The number of anilines is 5. The molecule has 0 saturated heterocycles. The number of fused-ring (bicyclic) bond motifs is 4. The Morgan fingerprint density at radius 1 is 0.465 bits per heavy atom. The molecule has 3 aromatic heterocycles. The van der Waals surface area contributed by atoms with Crippen LogP contribution in [-0.4, -0.2) is 53.0 Å². The van der Waals surface area contributed by atoms with Gasteiger partial charge in [-0.15, -0.1) is 0 Å². The fourth-order valence-corrected chi connectivity index (χ4v) is 9.31. The zero-order valence-electron chi connectivity index (χ0n) is 39.5. The molecule has 3 heterocycles. The fraction of sp³-hybridized carbons (Fsp3) is 0.286. The molecule has 11 rings (SSSR count). The van der Waals surface area contributed by atoms with E-state index in [1.165, 1.54) is 46.8 Å². The first kappa shape index (κ1) is 53.5. The van der Waals surface area contributed by atoms with Crippen LogP contribution in [0.25, 0.3) is 0 Å². The number of nitrogens with one attached hydrogen (secondary N) is 2. The zero-order chi connectivity index (χ0) is 49.7. The number of carbonyl (C=O) groups is 4. The van der Waals surface area contributed by atoms with Crippen LogP contribution in [-0.2, 0) is 59.3 Å². The summed E-state index contributed by atoms with van der Waals surface area (Å²) >= 11 is 6.83. The number of ketones is 4. The van der Waals surface area contributed by atoms with Gasteiger partial charge in [-0.2, -0.15) is 0 Å². The summed E-state index contributed by atoms with van der Waals surface area (Å²) in [7, 11) is 0. The van der Waals surface area contributed by atoms with E-state index in [9.17, 15) is 19.2 Å². The number of nitrogen functional groups attached to an aromatic ring is 1. The minimum atomic E-state index is 0. The molecule has 4 atom stereocenters. The summed E-state index contributed by atoms with van der Waals surface area (Å²) in [6.07, 6.45) is 14.6. The van der Waals surface area contributed by atoms with Crippen LogP contribution in [0, 0.1) is 23.7 Å². The molecule has 0 saturated carbocycles. The topological polar surface area (TPSA) is 196 Å². The van der Waals surface area contributed by atoms with Gasteiger partial charge in [0.2, 0.25) is 0 Å². The maximum atomic E-state index is 11.7. The lowest BCUT2D eigenvalue weighted by atomic mass is 9.84. The van der Waals surface area contributed by atoms with Crippen molar-refractivity contribution in [1.82, 2.24) is 29.9 Å². The Kier molecular flexibility index (Phi) is 19.1. The standard InChI is InChI=1S/2C15H15N3O.C11H11BrO.C10H9BrO.C4H5N3.CH4/c2*1-10-6-12-7-13(3-2-11(12)8-14(10)19)18-15-4-5-16-9-17-15;1-7-4-9-5-10(12)3-2-8(9)6-11(7)13;1-6-4-7-5-8(11)2-3-9(7)10(6)12;5-4-1-2-6-3-7-4;/h2*2-5,7,9-10H,6,8H2,1H3,(H,16,17,18);2-3,5,7H,4,6H2,1H3;2-3,5-6H,4H2,1H3;1-3H,(H2,5,6,7);1H4. The van der Waals surface area contributed by atoms with Crippen molar-refractivity contribution in [3.63, 3.8) is 0 Å². The fourth-order valence-electron chi connectivity index (χ4n) is 8.49. The Balaban J connectivity index is 0.000000150. The summed E-state index contributed by atoms with van der Waals surface area (Å²) in [5.74, 6) is 4.01. The monoisotopic (exact) mass is 1080 g/mol. The normalized spacial score (nSPS) is 17.9. The Bertz CT molecular complexity index is 2850. The number of carbonyl (C=O) groups excluding carboxylic acids is 4. The van der Waals surface area contributed by atoms with Crippen molar-refractivity contribution in [3.05, 3.63) is 182 Å². The number of aromatic nitrogens is 6. The molecule has 4 aliphatic carbocycles. The van der Waals surface area contributed by atoms with Gasteiger partial charge in [0.1, 0.15) is 53.8 Å². The van der Waals surface area contributed by atoms with E-state index < -0.39 is 0 Å². The van der Waals surface area contributed by atoms with Crippen LogP contribution in [0.2, 0.25) is 0 Å². The highest BCUT2D eigenvalue weighted by atomic mass is 79.9. The van der Waals surface area contributed by atoms with Crippen LogP contribution in [0.5, 0.6) is 0 Å². The Morgan fingerprint density at radius 2 is 0.859 bits per heavy atom. The van der Waals surface area contributed by atoms with Gasteiger partial charge in [0, 0.05) is 87.4 Å². The van der Waals surface area contributed by atoms with Gasteiger partial charge in [0.15, 0.2) is 5.78 Å². The molecule has 0 spiro atoms. The zero-order valence-corrected chi connectivity index (χ0v) is 42.7. The van der Waals surface area contributed by atoms with Gasteiger partial charge < -0.3 is 16.4 Å². The Labute approximate surface area is 432 Å². The van der Waals surface area contributed by atoms with Gasteiger partial charge in [0.25, 0.3) is 0 Å². The maximum Gasteiger partial charge on any atom is 0.166 e. The number of nitrogens with two attached hydrogens (primary N) is 1. The van der Waals surface area contributed by atoms with Gasteiger partial charge >= 0.3 is 0 Å². The van der Waals surface area contributed by atoms with Gasteiger partial charge in [-0.05, 0) is 131 Å². The first-order valence-corrected chi connectivity index (χ1v) is 24.8. The summed E-state index contributed by atoms with van der Waals surface area (Å²) < 4.78 is 2.16. The van der Waals surface area contributed by atoms with Crippen molar-refractivity contribution in [3.8, 4) is 0 Å². The summed E-state index contributed by atoms with van der Waals surface area (Å²) in [6.45, 7) is 7.98. The molecule has 71 heavy (non-hydrogen) atoms. The summed E-state index contributed by atoms with van der Waals surface area (Å²) in [5, 5.41) is 6.49. The van der Waals surface area contributed by atoms with E-state index in [0.717, 1.165) is 74.3 Å². The van der Waals surface area contributed by atoms with Gasteiger partial charge in [-0.25, -0.2) is 29.9 Å². The lowest BCUT2D eigenvalue weighted by molar-refractivity contribution is -0.122. The number of rotatable bonds is 4. The lowest BCUT2D eigenvalue weighted by Crippen LogP contribution is -2.22. The van der Waals surface area contributed by atoms with Gasteiger partial charge in [-0.1, -0.05) is 91.2 Å². The molecule has 13 nitrogen and oxygen atoms in total. The lowest BCUT2D eigenvalue weighted by Gasteiger charge is -2.21. The number of nitrogens with zero attached hydrogens (tertiary/aromatic N) is 6. The molecular weight excluding hydrogens is 1020 g/mol. The van der Waals surface area contributed by atoms with Crippen LogP contribution >= 0.6 is 31.9 Å². The van der Waals surface area contributed by atoms with Crippen molar-refractivity contribution >= 4 is 83.8 Å². The molecule has 0 bridgehead atoms. The van der Waals surface area contributed by atoms with E-state index in [-0.39, 0.29) is 36.9 Å². The van der Waals surface area contributed by atoms with E-state index in [2.05, 4.69) is 90.6 Å².